The molecule has 0 amide bonds. The van der Waals surface area contributed by atoms with Crippen LogP contribution < -0.4 is 5.73 Å². The number of hydrogen-bond acceptors (Lipinski definition) is 3. The lowest BCUT2D eigenvalue weighted by Gasteiger charge is -2.36. The first-order chi connectivity index (χ1) is 8.24. The van der Waals surface area contributed by atoms with Crippen LogP contribution in [0.1, 0.15) is 44.3 Å². The molecule has 17 heavy (non-hydrogen) atoms. The molecule has 1 aromatic rings. The Labute approximate surface area is 103 Å². The van der Waals surface area contributed by atoms with Gasteiger partial charge in [-0.2, -0.15) is 0 Å². The number of rotatable bonds is 3. The van der Waals surface area contributed by atoms with Crippen molar-refractivity contribution in [2.45, 2.75) is 57.3 Å². The van der Waals surface area contributed by atoms with Crippen LogP contribution in [0.3, 0.4) is 0 Å². The van der Waals surface area contributed by atoms with E-state index in [1.165, 1.54) is 18.5 Å². The lowest BCUT2D eigenvalue weighted by Crippen LogP contribution is -2.45. The number of nitrogens with zero attached hydrogens (tertiary/aromatic N) is 3. The number of imidazole rings is 1. The molecule has 0 aromatic carbocycles. The SMILES string of the molecule is CC1CC(N)CCN1Cc1cncn1C1CC1. The highest BCUT2D eigenvalue weighted by molar-refractivity contribution is 5.04. The van der Waals surface area contributed by atoms with Gasteiger partial charge in [-0.25, -0.2) is 4.98 Å². The molecule has 0 bridgehead atoms. The lowest BCUT2D eigenvalue weighted by atomic mass is 9.99. The van der Waals surface area contributed by atoms with Gasteiger partial charge in [0.25, 0.3) is 0 Å². The summed E-state index contributed by atoms with van der Waals surface area (Å²) in [6.45, 7) is 4.44. The van der Waals surface area contributed by atoms with Gasteiger partial charge >= 0.3 is 0 Å². The summed E-state index contributed by atoms with van der Waals surface area (Å²) in [5.41, 5.74) is 7.37. The van der Waals surface area contributed by atoms with Crippen LogP contribution >= 0.6 is 0 Å². The second-order valence-corrected chi connectivity index (χ2v) is 5.63. The van der Waals surface area contributed by atoms with Gasteiger partial charge in [-0.3, -0.25) is 4.90 Å². The van der Waals surface area contributed by atoms with E-state index in [1.54, 1.807) is 0 Å². The molecular weight excluding hydrogens is 212 g/mol. The third-order valence-corrected chi connectivity index (χ3v) is 4.11. The highest BCUT2D eigenvalue weighted by Gasteiger charge is 2.28. The molecule has 4 nitrogen and oxygen atoms in total. The molecule has 4 heteroatoms. The molecule has 94 valence electrons. The quantitative estimate of drug-likeness (QED) is 0.862. The molecule has 1 aliphatic carbocycles. The normalized spacial score (nSPS) is 30.7. The van der Waals surface area contributed by atoms with E-state index in [9.17, 15) is 0 Å². The van der Waals surface area contributed by atoms with Gasteiger partial charge in [0.15, 0.2) is 0 Å². The van der Waals surface area contributed by atoms with Crippen molar-refractivity contribution >= 4 is 0 Å². The summed E-state index contributed by atoms with van der Waals surface area (Å²) in [4.78, 5) is 6.84. The lowest BCUT2D eigenvalue weighted by molar-refractivity contribution is 0.136. The summed E-state index contributed by atoms with van der Waals surface area (Å²) in [7, 11) is 0. The Morgan fingerprint density at radius 1 is 1.41 bits per heavy atom. The number of likely N-dealkylation sites (tertiary alicyclic amines) is 1. The Balaban J connectivity index is 1.67. The Bertz CT molecular complexity index is 383. The van der Waals surface area contributed by atoms with Crippen LogP contribution in [0.15, 0.2) is 12.5 Å². The molecule has 2 unspecified atom stereocenters. The van der Waals surface area contributed by atoms with Crippen molar-refractivity contribution in [1.82, 2.24) is 14.5 Å². The minimum Gasteiger partial charge on any atom is -0.330 e. The fourth-order valence-corrected chi connectivity index (χ4v) is 2.84. The zero-order valence-corrected chi connectivity index (χ0v) is 10.5. The van der Waals surface area contributed by atoms with Crippen LogP contribution in [-0.4, -0.2) is 33.1 Å². The van der Waals surface area contributed by atoms with E-state index in [0.717, 1.165) is 32.0 Å². The maximum atomic E-state index is 6.00. The summed E-state index contributed by atoms with van der Waals surface area (Å²) in [5.74, 6) is 0. The summed E-state index contributed by atoms with van der Waals surface area (Å²) >= 11 is 0. The topological polar surface area (TPSA) is 47.1 Å². The molecule has 1 aromatic heterocycles. The maximum Gasteiger partial charge on any atom is 0.0951 e. The van der Waals surface area contributed by atoms with E-state index in [1.807, 2.05) is 12.5 Å². The van der Waals surface area contributed by atoms with Crippen molar-refractivity contribution in [3.05, 3.63) is 18.2 Å². The third kappa shape index (κ3) is 2.38. The van der Waals surface area contributed by atoms with Gasteiger partial charge < -0.3 is 10.3 Å². The largest absolute Gasteiger partial charge is 0.330 e. The summed E-state index contributed by atoms with van der Waals surface area (Å²) in [6.07, 6.45) is 8.92. The Kier molecular flexibility index (Phi) is 2.92. The Morgan fingerprint density at radius 3 is 2.94 bits per heavy atom. The zero-order chi connectivity index (χ0) is 11.8. The van der Waals surface area contributed by atoms with Gasteiger partial charge in [-0.15, -0.1) is 0 Å². The predicted octanol–water partition coefficient (Wildman–Crippen LogP) is 1.53. The fraction of sp³-hybridized carbons (Fsp3) is 0.769. The Morgan fingerprint density at radius 2 is 2.24 bits per heavy atom. The summed E-state index contributed by atoms with van der Waals surface area (Å²) in [6, 6.07) is 1.73. The molecule has 0 spiro atoms. The van der Waals surface area contributed by atoms with E-state index in [-0.39, 0.29) is 0 Å². The van der Waals surface area contributed by atoms with Gasteiger partial charge in [0, 0.05) is 37.4 Å². The number of hydrogen-bond donors (Lipinski definition) is 1. The van der Waals surface area contributed by atoms with Crippen molar-refractivity contribution in [1.29, 1.82) is 0 Å². The van der Waals surface area contributed by atoms with Gasteiger partial charge in [0.1, 0.15) is 0 Å². The molecule has 0 radical (unpaired) electrons. The van der Waals surface area contributed by atoms with Crippen LogP contribution in [0.2, 0.25) is 0 Å². The number of nitrogens with two attached hydrogens (primary N) is 1. The number of aromatic nitrogens is 2. The van der Waals surface area contributed by atoms with Crippen molar-refractivity contribution < 1.29 is 0 Å². The number of piperidine rings is 1. The minimum atomic E-state index is 0.398. The van der Waals surface area contributed by atoms with Crippen molar-refractivity contribution in [2.24, 2.45) is 5.73 Å². The first kappa shape index (κ1) is 11.2. The minimum absolute atomic E-state index is 0.398. The van der Waals surface area contributed by atoms with Gasteiger partial charge in [-0.1, -0.05) is 0 Å². The van der Waals surface area contributed by atoms with Crippen LogP contribution in [-0.2, 0) is 6.54 Å². The van der Waals surface area contributed by atoms with Crippen LogP contribution in [0.5, 0.6) is 0 Å². The van der Waals surface area contributed by atoms with E-state index in [2.05, 4.69) is 21.4 Å². The molecule has 2 N–H and O–H groups in total. The third-order valence-electron chi connectivity index (χ3n) is 4.11. The first-order valence-electron chi connectivity index (χ1n) is 6.74. The molecule has 2 atom stereocenters. The highest BCUT2D eigenvalue weighted by atomic mass is 15.2. The standard InChI is InChI=1S/C13H22N4/c1-10-6-11(14)4-5-16(10)8-13-7-15-9-17(13)12-2-3-12/h7,9-12H,2-6,8,14H2,1H3. The average molecular weight is 234 g/mol. The molecule has 3 rings (SSSR count). The summed E-state index contributed by atoms with van der Waals surface area (Å²) < 4.78 is 2.36. The molecular formula is C13H22N4. The zero-order valence-electron chi connectivity index (χ0n) is 10.5. The second kappa shape index (κ2) is 4.42. The van der Waals surface area contributed by atoms with Gasteiger partial charge in [-0.05, 0) is 32.6 Å². The fourth-order valence-electron chi connectivity index (χ4n) is 2.84. The second-order valence-electron chi connectivity index (χ2n) is 5.63. The summed E-state index contributed by atoms with van der Waals surface area (Å²) in [5, 5.41) is 0. The monoisotopic (exact) mass is 234 g/mol. The van der Waals surface area contributed by atoms with Crippen molar-refractivity contribution in [3.8, 4) is 0 Å². The molecule has 1 saturated carbocycles. The van der Waals surface area contributed by atoms with Gasteiger partial charge in [0.2, 0.25) is 0 Å². The van der Waals surface area contributed by atoms with E-state index < -0.39 is 0 Å². The van der Waals surface area contributed by atoms with E-state index in [0.29, 0.717) is 12.1 Å². The highest BCUT2D eigenvalue weighted by Crippen LogP contribution is 2.36. The predicted molar refractivity (Wildman–Crippen MR) is 67.6 cm³/mol. The molecule has 2 aliphatic rings. The van der Waals surface area contributed by atoms with Crippen molar-refractivity contribution in [3.63, 3.8) is 0 Å². The van der Waals surface area contributed by atoms with Crippen LogP contribution in [0, 0.1) is 0 Å². The molecule has 2 fully saturated rings. The van der Waals surface area contributed by atoms with Crippen LogP contribution in [0.25, 0.3) is 0 Å². The van der Waals surface area contributed by atoms with Crippen molar-refractivity contribution in [2.75, 3.05) is 6.54 Å². The Hall–Kier alpha value is -0.870. The molecule has 1 aliphatic heterocycles. The van der Waals surface area contributed by atoms with E-state index >= 15 is 0 Å². The first-order valence-corrected chi connectivity index (χ1v) is 6.74. The smallest absolute Gasteiger partial charge is 0.0951 e. The van der Waals surface area contributed by atoms with Crippen LogP contribution in [0.4, 0.5) is 0 Å². The maximum absolute atomic E-state index is 6.00. The average Bonchev–Trinajstić information content (AvgIpc) is 3.03. The van der Waals surface area contributed by atoms with Gasteiger partial charge in [0.05, 0.1) is 12.0 Å². The molecule has 1 saturated heterocycles. The molecule has 2 heterocycles. The van der Waals surface area contributed by atoms with E-state index in [4.69, 9.17) is 5.73 Å².